The number of hydrogen-bond acceptors (Lipinski definition) is 5. The van der Waals surface area contributed by atoms with Gasteiger partial charge in [0.1, 0.15) is 6.04 Å². The summed E-state index contributed by atoms with van der Waals surface area (Å²) in [4.78, 5) is 29.0. The van der Waals surface area contributed by atoms with Crippen LogP contribution >= 0.6 is 0 Å². The van der Waals surface area contributed by atoms with Crippen molar-refractivity contribution in [3.63, 3.8) is 0 Å². The summed E-state index contributed by atoms with van der Waals surface area (Å²) >= 11 is 0. The molecule has 9 nitrogen and oxygen atoms in total. The number of carboxylic acid groups (broad SMARTS) is 1. The van der Waals surface area contributed by atoms with Crippen LogP contribution in [0, 0.1) is 5.92 Å². The second-order valence-corrected chi connectivity index (χ2v) is 9.57. The molecular weight excluding hydrogens is 396 g/mol. The standard InChI is InChI=1S/C19H26N4O5S/c1-12(2)18(24)21-13-4-5-16-14(10-13)15(11-20-16)17(19(25)26)22-6-8-23(9-7-22)29(3,27)28/h4-5,10-12,17,20H,6-9H2,1-3H3,(H,21,24)(H,25,26)/t17-/m0/s1. The Bertz CT molecular complexity index is 1020. The zero-order valence-electron chi connectivity index (χ0n) is 16.7. The van der Waals surface area contributed by atoms with Crippen LogP contribution < -0.4 is 5.32 Å². The van der Waals surface area contributed by atoms with E-state index in [2.05, 4.69) is 10.3 Å². The number of piperazine rings is 1. The van der Waals surface area contributed by atoms with Gasteiger partial charge in [-0.25, -0.2) is 8.42 Å². The minimum absolute atomic E-state index is 0.117. The highest BCUT2D eigenvalue weighted by Crippen LogP contribution is 2.31. The molecule has 2 aromatic rings. The van der Waals surface area contributed by atoms with Crippen LogP contribution in [0.4, 0.5) is 5.69 Å². The SMILES string of the molecule is CC(C)C(=O)Nc1ccc2[nH]cc([C@@H](C(=O)O)N3CCN(S(C)(=O)=O)CC3)c2c1. The van der Waals surface area contributed by atoms with E-state index < -0.39 is 22.0 Å². The molecule has 10 heteroatoms. The number of hydrogen-bond donors (Lipinski definition) is 3. The quantitative estimate of drug-likeness (QED) is 0.648. The van der Waals surface area contributed by atoms with Gasteiger partial charge in [-0.15, -0.1) is 0 Å². The molecule has 1 fully saturated rings. The zero-order valence-corrected chi connectivity index (χ0v) is 17.5. The number of aromatic amines is 1. The van der Waals surface area contributed by atoms with E-state index in [0.717, 1.165) is 11.8 Å². The number of benzene rings is 1. The zero-order chi connectivity index (χ0) is 21.3. The lowest BCUT2D eigenvalue weighted by molar-refractivity contribution is -0.144. The van der Waals surface area contributed by atoms with E-state index in [1.165, 1.54) is 4.31 Å². The van der Waals surface area contributed by atoms with Crippen molar-refractivity contribution in [2.24, 2.45) is 5.92 Å². The highest BCUT2D eigenvalue weighted by Gasteiger charge is 2.34. The average molecular weight is 423 g/mol. The Hall–Kier alpha value is -2.43. The van der Waals surface area contributed by atoms with Crippen molar-refractivity contribution >= 4 is 38.5 Å². The van der Waals surface area contributed by atoms with E-state index in [9.17, 15) is 23.1 Å². The molecule has 0 spiro atoms. The monoisotopic (exact) mass is 422 g/mol. The first-order valence-corrected chi connectivity index (χ1v) is 11.3. The number of amides is 1. The number of carbonyl (C=O) groups is 2. The Morgan fingerprint density at radius 2 is 1.83 bits per heavy atom. The second-order valence-electron chi connectivity index (χ2n) is 7.59. The third kappa shape index (κ3) is 4.60. The summed E-state index contributed by atoms with van der Waals surface area (Å²) in [6, 6.07) is 4.42. The minimum atomic E-state index is -3.30. The van der Waals surface area contributed by atoms with Gasteiger partial charge < -0.3 is 15.4 Å². The van der Waals surface area contributed by atoms with Crippen LogP contribution in [0.3, 0.4) is 0 Å². The maximum Gasteiger partial charge on any atom is 0.325 e. The topological polar surface area (TPSA) is 123 Å². The summed E-state index contributed by atoms with van der Waals surface area (Å²) in [6.45, 7) is 4.74. The molecule has 1 aromatic heterocycles. The predicted octanol–water partition coefficient (Wildman–Crippen LogP) is 1.47. The minimum Gasteiger partial charge on any atom is -0.480 e. The normalized spacial score (nSPS) is 17.5. The number of fused-ring (bicyclic) bond motifs is 1. The summed E-state index contributed by atoms with van der Waals surface area (Å²) in [7, 11) is -3.30. The van der Waals surface area contributed by atoms with Crippen LogP contribution in [-0.2, 0) is 19.6 Å². The lowest BCUT2D eigenvalue weighted by Crippen LogP contribution is -2.50. The summed E-state index contributed by atoms with van der Waals surface area (Å²) in [6.07, 6.45) is 2.82. The Morgan fingerprint density at radius 3 is 2.38 bits per heavy atom. The van der Waals surface area contributed by atoms with Gasteiger partial charge in [0.15, 0.2) is 0 Å². The average Bonchev–Trinajstić information content (AvgIpc) is 3.04. The van der Waals surface area contributed by atoms with Crippen molar-refractivity contribution in [3.8, 4) is 0 Å². The Labute approximate surface area is 169 Å². The van der Waals surface area contributed by atoms with Crippen molar-refractivity contribution in [1.29, 1.82) is 0 Å². The third-order valence-corrected chi connectivity index (χ3v) is 6.44. The number of nitrogens with one attached hydrogen (secondary N) is 2. The number of carbonyl (C=O) groups excluding carboxylic acids is 1. The van der Waals surface area contributed by atoms with Gasteiger partial charge in [-0.1, -0.05) is 13.8 Å². The molecule has 0 bridgehead atoms. The number of H-pyrrole nitrogens is 1. The maximum absolute atomic E-state index is 12.1. The van der Waals surface area contributed by atoms with Crippen molar-refractivity contribution < 1.29 is 23.1 Å². The summed E-state index contributed by atoms with van der Waals surface area (Å²) in [5.41, 5.74) is 1.95. The molecule has 1 aliphatic rings. The molecule has 1 aliphatic heterocycles. The number of anilines is 1. The van der Waals surface area contributed by atoms with Crippen LogP contribution in [0.2, 0.25) is 0 Å². The van der Waals surface area contributed by atoms with Gasteiger partial charge in [-0.3, -0.25) is 14.5 Å². The van der Waals surface area contributed by atoms with Crippen LogP contribution in [0.25, 0.3) is 10.9 Å². The number of sulfonamides is 1. The molecule has 1 aromatic carbocycles. The highest BCUT2D eigenvalue weighted by molar-refractivity contribution is 7.88. The van der Waals surface area contributed by atoms with E-state index in [-0.39, 0.29) is 24.9 Å². The maximum atomic E-state index is 12.1. The molecule has 29 heavy (non-hydrogen) atoms. The van der Waals surface area contributed by atoms with E-state index >= 15 is 0 Å². The van der Waals surface area contributed by atoms with Gasteiger partial charge in [0.2, 0.25) is 15.9 Å². The lowest BCUT2D eigenvalue weighted by Gasteiger charge is -2.36. The molecule has 1 atom stereocenters. The van der Waals surface area contributed by atoms with Crippen LogP contribution in [0.15, 0.2) is 24.4 Å². The van der Waals surface area contributed by atoms with Crippen LogP contribution in [0.5, 0.6) is 0 Å². The molecule has 3 N–H and O–H groups in total. The fourth-order valence-corrected chi connectivity index (χ4v) is 4.34. The second kappa shape index (κ2) is 8.13. The highest BCUT2D eigenvalue weighted by atomic mass is 32.2. The third-order valence-electron chi connectivity index (χ3n) is 5.14. The Kier molecular flexibility index (Phi) is 5.97. The van der Waals surface area contributed by atoms with Crippen LogP contribution in [-0.4, -0.2) is 72.0 Å². The van der Waals surface area contributed by atoms with Gasteiger partial charge in [0, 0.05) is 60.4 Å². The summed E-state index contributed by atoms with van der Waals surface area (Å²) in [5.74, 6) is -1.29. The van der Waals surface area contributed by atoms with Gasteiger partial charge in [0.25, 0.3) is 0 Å². The molecule has 1 saturated heterocycles. The Morgan fingerprint density at radius 1 is 1.17 bits per heavy atom. The molecule has 1 amide bonds. The number of carboxylic acids is 1. The molecule has 0 radical (unpaired) electrons. The predicted molar refractivity (Wildman–Crippen MR) is 110 cm³/mol. The number of nitrogens with zero attached hydrogens (tertiary/aromatic N) is 2. The number of aliphatic carboxylic acids is 1. The van der Waals surface area contributed by atoms with E-state index in [4.69, 9.17) is 0 Å². The molecule has 2 heterocycles. The first-order chi connectivity index (χ1) is 13.6. The molecule has 3 rings (SSSR count). The number of aromatic nitrogens is 1. The lowest BCUT2D eigenvalue weighted by atomic mass is 10.0. The Balaban J connectivity index is 1.90. The van der Waals surface area contributed by atoms with E-state index in [1.54, 1.807) is 43.1 Å². The summed E-state index contributed by atoms with van der Waals surface area (Å²) in [5, 5.41) is 13.5. The smallest absolute Gasteiger partial charge is 0.325 e. The van der Waals surface area contributed by atoms with Crippen molar-refractivity contribution in [2.45, 2.75) is 19.9 Å². The molecular formula is C19H26N4O5S. The van der Waals surface area contributed by atoms with Crippen molar-refractivity contribution in [2.75, 3.05) is 37.8 Å². The fourth-order valence-electron chi connectivity index (χ4n) is 3.51. The largest absolute Gasteiger partial charge is 0.480 e. The van der Waals surface area contributed by atoms with Gasteiger partial charge in [0.05, 0.1) is 6.26 Å². The van der Waals surface area contributed by atoms with Gasteiger partial charge in [-0.2, -0.15) is 4.31 Å². The first-order valence-electron chi connectivity index (χ1n) is 9.42. The molecule has 0 aliphatic carbocycles. The van der Waals surface area contributed by atoms with E-state index in [0.29, 0.717) is 29.7 Å². The summed E-state index contributed by atoms with van der Waals surface area (Å²) < 4.78 is 24.8. The van der Waals surface area contributed by atoms with E-state index in [1.807, 2.05) is 0 Å². The molecule has 0 unspecified atom stereocenters. The van der Waals surface area contributed by atoms with Crippen molar-refractivity contribution in [1.82, 2.24) is 14.2 Å². The fraction of sp³-hybridized carbons (Fsp3) is 0.474. The van der Waals surface area contributed by atoms with Crippen LogP contribution in [0.1, 0.15) is 25.5 Å². The number of rotatable bonds is 6. The van der Waals surface area contributed by atoms with Crippen molar-refractivity contribution in [3.05, 3.63) is 30.0 Å². The van der Waals surface area contributed by atoms with Gasteiger partial charge in [-0.05, 0) is 18.2 Å². The first kappa shape index (κ1) is 21.3. The van der Waals surface area contributed by atoms with Gasteiger partial charge >= 0.3 is 5.97 Å². The molecule has 158 valence electrons. The molecule has 0 saturated carbocycles.